The molecule has 31 heavy (non-hydrogen) atoms. The summed E-state index contributed by atoms with van der Waals surface area (Å²) >= 11 is 2.35. The van der Waals surface area contributed by atoms with Crippen LogP contribution in [0, 0.1) is 0 Å². The molecular weight excluding hydrogens is 461 g/mol. The monoisotopic (exact) mass is 478 g/mol. The Labute approximate surface area is 206 Å². The van der Waals surface area contributed by atoms with E-state index in [0.717, 1.165) is 16.2 Å². The summed E-state index contributed by atoms with van der Waals surface area (Å²) in [5, 5.41) is 16.9. The third-order valence-corrected chi connectivity index (χ3v) is 6.16. The molecule has 0 radical (unpaired) electrons. The molecule has 160 valence electrons. The van der Waals surface area contributed by atoms with Crippen LogP contribution in [-0.2, 0) is 28.8 Å². The largest absolute Gasteiger partial charge is 1.00 e. The number of fused-ring (bicyclic) bond motifs is 1. The molecule has 0 bridgehead atoms. The Morgan fingerprint density at radius 3 is 2.71 bits per heavy atom. The van der Waals surface area contributed by atoms with Crippen molar-refractivity contribution in [3.63, 3.8) is 0 Å². The van der Waals surface area contributed by atoms with Crippen molar-refractivity contribution in [1.82, 2.24) is 15.2 Å². The number of nitrogens with one attached hydrogen (secondary N) is 1. The predicted octanol–water partition coefficient (Wildman–Crippen LogP) is -3.62. The average Bonchev–Trinajstić information content (AvgIpc) is 3.13. The van der Waals surface area contributed by atoms with Gasteiger partial charge in [-0.15, -0.1) is 23.1 Å². The first-order valence-corrected chi connectivity index (χ1v) is 10.3. The molecule has 2 amide bonds. The van der Waals surface area contributed by atoms with Gasteiger partial charge in [0, 0.05) is 23.6 Å². The Kier molecular flexibility index (Phi) is 8.48. The van der Waals surface area contributed by atoms with Gasteiger partial charge in [-0.3, -0.25) is 19.3 Å². The number of carbonyl (C=O) groups is 4. The van der Waals surface area contributed by atoms with E-state index in [-0.39, 0.29) is 64.2 Å². The van der Waals surface area contributed by atoms with Crippen LogP contribution in [0.1, 0.15) is 12.6 Å². The number of β-lactam (4-membered cyclic amide) rings is 1. The number of esters is 1. The molecule has 0 aliphatic carbocycles. The number of oxime groups is 1. The Hall–Kier alpha value is -2.13. The van der Waals surface area contributed by atoms with Crippen LogP contribution < -0.4 is 40.6 Å². The molecule has 1 unspecified atom stereocenters. The molecule has 1 fully saturated rings. The fraction of sp³-hybridized carbons (Fsp3) is 0.375. The second-order valence-electron chi connectivity index (χ2n) is 6.09. The molecule has 0 aromatic carbocycles. The van der Waals surface area contributed by atoms with E-state index in [1.807, 2.05) is 0 Å². The summed E-state index contributed by atoms with van der Waals surface area (Å²) in [4.78, 5) is 57.8. The zero-order valence-corrected chi connectivity index (χ0v) is 20.4. The summed E-state index contributed by atoms with van der Waals surface area (Å²) in [5.41, 5.74) is 5.67. The molecule has 15 heteroatoms. The molecule has 1 aromatic heterocycles. The van der Waals surface area contributed by atoms with Gasteiger partial charge in [-0.25, -0.2) is 9.78 Å². The van der Waals surface area contributed by atoms with Crippen molar-refractivity contribution >= 4 is 57.7 Å². The second kappa shape index (κ2) is 10.5. The van der Waals surface area contributed by atoms with E-state index < -0.39 is 35.2 Å². The summed E-state index contributed by atoms with van der Waals surface area (Å²) in [6.07, 6.45) is 0. The van der Waals surface area contributed by atoms with Crippen molar-refractivity contribution in [2.45, 2.75) is 18.3 Å². The van der Waals surface area contributed by atoms with Crippen LogP contribution in [0.2, 0.25) is 0 Å². The molecule has 2 atom stereocenters. The predicted molar refractivity (Wildman–Crippen MR) is 106 cm³/mol. The Morgan fingerprint density at radius 1 is 1.45 bits per heavy atom. The van der Waals surface area contributed by atoms with Crippen LogP contribution in [0.4, 0.5) is 5.13 Å². The number of rotatable bonds is 7. The molecule has 2 aliphatic heterocycles. The quantitative estimate of drug-likeness (QED) is 0.117. The van der Waals surface area contributed by atoms with Gasteiger partial charge >= 0.3 is 41.5 Å². The number of nitrogen functional groups attached to an aromatic ring is 1. The van der Waals surface area contributed by atoms with Gasteiger partial charge < -0.3 is 25.7 Å². The maximum atomic E-state index is 12.7. The minimum absolute atomic E-state index is 0. The van der Waals surface area contributed by atoms with Crippen LogP contribution in [0.25, 0.3) is 0 Å². The van der Waals surface area contributed by atoms with Gasteiger partial charge in [0.05, 0.1) is 0 Å². The Balaban J connectivity index is 0.00000341. The number of hydrogen-bond acceptors (Lipinski definition) is 11. The number of nitrogens with zero attached hydrogens (tertiary/aromatic N) is 3. The smallest absolute Gasteiger partial charge is 0.477 e. The third-order valence-electron chi connectivity index (χ3n) is 4.15. The molecule has 0 spiro atoms. The molecule has 3 rings (SSSR count). The summed E-state index contributed by atoms with van der Waals surface area (Å²) in [5.74, 6) is -2.98. The number of anilines is 1. The van der Waals surface area contributed by atoms with Crippen molar-refractivity contribution < 1.29 is 63.4 Å². The van der Waals surface area contributed by atoms with Crippen LogP contribution >= 0.6 is 23.1 Å². The standard InChI is InChI=1S/C16H17N5O7S2.Na/c1-6(22)28-3-7-4-29-14-10(13(24)21(14)11(7)15(25)26)19-12(23)9(20-27-2)8-5-30-16(17)18-8;/h5,10,14H,3-4H2,1-2H3,(H2,17,18)(H,19,23)(H,25,26);/q;+1/b20-9+;/t10?,14-;/m1./s1. The summed E-state index contributed by atoms with van der Waals surface area (Å²) in [6.45, 7) is 0.975. The number of aliphatic carboxylic acids is 1. The van der Waals surface area contributed by atoms with Crippen LogP contribution in [-0.4, -0.2) is 75.3 Å². The minimum atomic E-state index is -1.32. The number of hydrogen-bond donors (Lipinski definition) is 3. The SMILES string of the molecule is CO/N=C(/C(=O)NC1C(=O)N2C(C(=O)O)=C(COC(C)=O)CS[C@H]12)c1csc(N)n1.[Na+]. The molecule has 1 saturated heterocycles. The van der Waals surface area contributed by atoms with Gasteiger partial charge in [0.25, 0.3) is 11.8 Å². The van der Waals surface area contributed by atoms with Gasteiger partial charge in [0.2, 0.25) is 0 Å². The fourth-order valence-electron chi connectivity index (χ4n) is 2.88. The number of carboxylic acid groups (broad SMARTS) is 1. The fourth-order valence-corrected chi connectivity index (χ4v) is 4.76. The van der Waals surface area contributed by atoms with E-state index >= 15 is 0 Å². The van der Waals surface area contributed by atoms with Crippen LogP contribution in [0.3, 0.4) is 0 Å². The molecule has 1 aromatic rings. The maximum Gasteiger partial charge on any atom is 1.00 e. The molecule has 3 heterocycles. The number of thioether (sulfide) groups is 1. The van der Waals surface area contributed by atoms with Crippen molar-refractivity contribution in [2.24, 2.45) is 5.16 Å². The van der Waals surface area contributed by atoms with E-state index in [1.165, 1.54) is 31.2 Å². The number of thiazole rings is 1. The maximum absolute atomic E-state index is 12.7. The molecule has 2 aliphatic rings. The van der Waals surface area contributed by atoms with E-state index in [4.69, 9.17) is 10.5 Å². The molecule has 0 saturated carbocycles. The topological polar surface area (TPSA) is 174 Å². The zero-order valence-electron chi connectivity index (χ0n) is 16.8. The van der Waals surface area contributed by atoms with E-state index in [2.05, 4.69) is 20.3 Å². The van der Waals surface area contributed by atoms with Crippen molar-refractivity contribution in [2.75, 3.05) is 25.2 Å². The molecule has 12 nitrogen and oxygen atoms in total. The molecule has 4 N–H and O–H groups in total. The summed E-state index contributed by atoms with van der Waals surface area (Å²) < 4.78 is 4.88. The second-order valence-corrected chi connectivity index (χ2v) is 8.09. The Morgan fingerprint density at radius 2 is 2.16 bits per heavy atom. The summed E-state index contributed by atoms with van der Waals surface area (Å²) in [7, 11) is 1.25. The Bertz CT molecular complexity index is 979. The number of amides is 2. The first-order chi connectivity index (χ1) is 14.2. The number of carboxylic acids is 1. The number of ether oxygens (including phenoxy) is 1. The van der Waals surface area contributed by atoms with E-state index in [0.29, 0.717) is 5.57 Å². The minimum Gasteiger partial charge on any atom is -0.477 e. The van der Waals surface area contributed by atoms with Gasteiger partial charge in [-0.2, -0.15) is 0 Å². The van der Waals surface area contributed by atoms with Gasteiger partial charge in [-0.1, -0.05) is 5.16 Å². The third kappa shape index (κ3) is 5.20. The van der Waals surface area contributed by atoms with Gasteiger partial charge in [0.1, 0.15) is 36.5 Å². The van der Waals surface area contributed by atoms with Crippen LogP contribution in [0.15, 0.2) is 21.8 Å². The average molecular weight is 478 g/mol. The van der Waals surface area contributed by atoms with Crippen LogP contribution in [0.5, 0.6) is 0 Å². The number of nitrogens with two attached hydrogens (primary N) is 1. The van der Waals surface area contributed by atoms with E-state index in [9.17, 15) is 24.3 Å². The normalized spacial score (nSPS) is 20.3. The first kappa shape index (κ1) is 25.1. The number of aromatic nitrogens is 1. The number of carbonyl (C=O) groups excluding carboxylic acids is 3. The van der Waals surface area contributed by atoms with Gasteiger partial charge in [0.15, 0.2) is 10.8 Å². The van der Waals surface area contributed by atoms with Gasteiger partial charge in [-0.05, 0) is 0 Å². The van der Waals surface area contributed by atoms with Crippen molar-refractivity contribution in [3.05, 3.63) is 22.3 Å². The molecular formula is C16H17N5NaO7S2+. The van der Waals surface area contributed by atoms with E-state index in [1.54, 1.807) is 0 Å². The summed E-state index contributed by atoms with van der Waals surface area (Å²) in [6, 6.07) is -0.967. The first-order valence-electron chi connectivity index (χ1n) is 8.41. The van der Waals surface area contributed by atoms with Crippen molar-refractivity contribution in [3.8, 4) is 0 Å². The zero-order chi connectivity index (χ0) is 22.0. The van der Waals surface area contributed by atoms with Crippen molar-refractivity contribution in [1.29, 1.82) is 0 Å².